The van der Waals surface area contributed by atoms with Crippen LogP contribution in [0.1, 0.15) is 0 Å². The minimum atomic E-state index is -2.26. The van der Waals surface area contributed by atoms with Gasteiger partial charge < -0.3 is 8.85 Å². The van der Waals surface area contributed by atoms with Crippen molar-refractivity contribution in [2.24, 2.45) is 0 Å². The Morgan fingerprint density at radius 3 is 1.92 bits per heavy atom. The van der Waals surface area contributed by atoms with Gasteiger partial charge in [-0.05, 0) is 6.08 Å². The van der Waals surface area contributed by atoms with E-state index in [1.165, 1.54) is 6.08 Å². The summed E-state index contributed by atoms with van der Waals surface area (Å²) in [6.45, 7) is 11.0. The monoisotopic (exact) mass is 198 g/mol. The van der Waals surface area contributed by atoms with Crippen molar-refractivity contribution < 1.29 is 13.6 Å². The van der Waals surface area contributed by atoms with Crippen LogP contribution in [0.2, 0.25) is 0 Å². The average Bonchev–Trinajstić information content (AvgIpc) is 2.17. The largest absolute Gasteiger partial charge is 0.399 e. The molecule has 72 valence electrons. The first kappa shape index (κ1) is 12.0. The Morgan fingerprint density at radius 1 is 1.15 bits per heavy atom. The maximum atomic E-state index is 11.1. The smallest absolute Gasteiger partial charge is 0.388 e. The molecule has 0 bridgehead atoms. The summed E-state index contributed by atoms with van der Waals surface area (Å²) in [7, 11) is -2.26. The molecule has 0 aromatic rings. The predicted molar refractivity (Wildman–Crippen MR) is 54.7 cm³/mol. The molecular weight excluding hydrogens is 184 g/mol. The first-order chi connectivity index (χ1) is 6.26. The molecule has 0 unspecified atom stereocenters. The van der Waals surface area contributed by atoms with E-state index in [1.54, 1.807) is 12.2 Å². The molecule has 0 saturated heterocycles. The molecule has 0 fully saturated rings. The Bertz CT molecular complexity index is 189. The van der Waals surface area contributed by atoms with E-state index in [-0.39, 0.29) is 5.41 Å². The third-order valence-electron chi connectivity index (χ3n) is 1.16. The Balaban J connectivity index is 4.00. The molecule has 0 aromatic carbocycles. The molecular formula is C9H14O3Si. The van der Waals surface area contributed by atoms with Crippen molar-refractivity contribution in [1.82, 2.24) is 0 Å². The highest BCUT2D eigenvalue weighted by molar-refractivity contribution is 6.82. The molecule has 13 heavy (non-hydrogen) atoms. The van der Waals surface area contributed by atoms with Crippen LogP contribution in [0.4, 0.5) is 0 Å². The highest BCUT2D eigenvalue weighted by Crippen LogP contribution is 1.93. The van der Waals surface area contributed by atoms with Crippen LogP contribution in [0, 0.1) is 0 Å². The summed E-state index contributed by atoms with van der Waals surface area (Å²) in [5.41, 5.74) is 0. The van der Waals surface area contributed by atoms with Gasteiger partial charge in [-0.2, -0.15) is 0 Å². The van der Waals surface area contributed by atoms with Gasteiger partial charge in [0.25, 0.3) is 0 Å². The first-order valence-electron chi connectivity index (χ1n) is 3.87. The van der Waals surface area contributed by atoms with E-state index in [2.05, 4.69) is 19.7 Å². The van der Waals surface area contributed by atoms with Gasteiger partial charge >= 0.3 is 9.28 Å². The fourth-order valence-electron chi connectivity index (χ4n) is 0.619. The van der Waals surface area contributed by atoms with Crippen LogP contribution in [-0.4, -0.2) is 27.9 Å². The van der Waals surface area contributed by atoms with Crippen LogP contribution in [0.3, 0.4) is 0 Å². The van der Waals surface area contributed by atoms with E-state index in [1.807, 2.05) is 0 Å². The topological polar surface area (TPSA) is 35.5 Å². The van der Waals surface area contributed by atoms with Crippen molar-refractivity contribution in [2.45, 2.75) is 0 Å². The summed E-state index contributed by atoms with van der Waals surface area (Å²) in [6, 6.07) is 0. The molecule has 4 heteroatoms. The van der Waals surface area contributed by atoms with Gasteiger partial charge in [-0.3, -0.25) is 4.79 Å². The van der Waals surface area contributed by atoms with Crippen molar-refractivity contribution in [3.05, 3.63) is 38.0 Å². The fourth-order valence-corrected chi connectivity index (χ4v) is 1.86. The van der Waals surface area contributed by atoms with Gasteiger partial charge in [0, 0.05) is 0 Å². The second-order valence-corrected chi connectivity index (χ2v) is 4.08. The second-order valence-electron chi connectivity index (χ2n) is 2.18. The lowest BCUT2D eigenvalue weighted by Gasteiger charge is -2.11. The van der Waals surface area contributed by atoms with E-state index in [9.17, 15) is 4.79 Å². The van der Waals surface area contributed by atoms with Crippen molar-refractivity contribution in [1.29, 1.82) is 0 Å². The number of allylic oxidation sites excluding steroid dienone is 1. The Morgan fingerprint density at radius 2 is 1.62 bits per heavy atom. The van der Waals surface area contributed by atoms with E-state index in [0.717, 1.165) is 0 Å². The fraction of sp³-hybridized carbons (Fsp3) is 0.222. The minimum Gasteiger partial charge on any atom is -0.388 e. The van der Waals surface area contributed by atoms with E-state index in [4.69, 9.17) is 8.85 Å². The molecule has 0 amide bonds. The molecule has 0 atom stereocenters. The summed E-state index contributed by atoms with van der Waals surface area (Å²) in [4.78, 5) is 11.1. The molecule has 0 aromatic heterocycles. The van der Waals surface area contributed by atoms with Gasteiger partial charge in [-0.1, -0.05) is 18.7 Å². The summed E-state index contributed by atoms with van der Waals surface area (Å²) in [5, 5.41) is -0.163. The Labute approximate surface area is 80.2 Å². The standard InChI is InChI=1S/C9H14O3Si/c1-4-7-11-13(9(10)6-3)12-8-5-2/h4-6,13H,1-3,7-8H2. The van der Waals surface area contributed by atoms with Crippen LogP contribution >= 0.6 is 0 Å². The molecule has 0 aliphatic rings. The van der Waals surface area contributed by atoms with E-state index < -0.39 is 9.28 Å². The Hall–Kier alpha value is -0.973. The van der Waals surface area contributed by atoms with Gasteiger partial charge in [0.15, 0.2) is 5.41 Å². The van der Waals surface area contributed by atoms with Crippen LogP contribution in [0.15, 0.2) is 38.0 Å². The van der Waals surface area contributed by atoms with Crippen molar-refractivity contribution in [2.75, 3.05) is 13.2 Å². The molecule has 0 heterocycles. The summed E-state index contributed by atoms with van der Waals surface area (Å²) >= 11 is 0. The number of hydrogen-bond acceptors (Lipinski definition) is 3. The second kappa shape index (κ2) is 7.66. The molecule has 0 N–H and O–H groups in total. The highest BCUT2D eigenvalue weighted by Gasteiger charge is 2.19. The van der Waals surface area contributed by atoms with Crippen LogP contribution in [0.25, 0.3) is 0 Å². The molecule has 3 nitrogen and oxygen atoms in total. The SMILES string of the molecule is C=CCO[SiH](OCC=C)C(=O)C=C. The molecule has 0 radical (unpaired) electrons. The number of carbonyl (C=O) groups excluding carboxylic acids is 1. The summed E-state index contributed by atoms with van der Waals surface area (Å²) < 4.78 is 10.4. The molecule has 0 aliphatic heterocycles. The lowest BCUT2D eigenvalue weighted by atomic mass is 10.7. The highest BCUT2D eigenvalue weighted by atomic mass is 28.3. The van der Waals surface area contributed by atoms with Gasteiger partial charge in [0.1, 0.15) is 0 Å². The normalized spacial score (nSPS) is 9.62. The predicted octanol–water partition coefficient (Wildman–Crippen LogP) is 0.906. The third-order valence-corrected chi connectivity index (χ3v) is 2.86. The average molecular weight is 198 g/mol. The van der Waals surface area contributed by atoms with Crippen LogP contribution in [-0.2, 0) is 13.6 Å². The van der Waals surface area contributed by atoms with Crippen LogP contribution < -0.4 is 0 Å². The van der Waals surface area contributed by atoms with Crippen molar-refractivity contribution >= 4 is 14.7 Å². The molecule has 0 spiro atoms. The molecule has 0 rings (SSSR count). The van der Waals surface area contributed by atoms with Gasteiger partial charge in [-0.25, -0.2) is 0 Å². The molecule has 0 aliphatic carbocycles. The quantitative estimate of drug-likeness (QED) is 0.330. The van der Waals surface area contributed by atoms with Crippen LogP contribution in [0.5, 0.6) is 0 Å². The first-order valence-corrected chi connectivity index (χ1v) is 5.39. The number of carbonyl (C=O) groups is 1. The number of hydrogen-bond donors (Lipinski definition) is 0. The zero-order valence-corrected chi connectivity index (χ0v) is 8.72. The van der Waals surface area contributed by atoms with Gasteiger partial charge in [-0.15, -0.1) is 13.2 Å². The van der Waals surface area contributed by atoms with Gasteiger partial charge in [0.2, 0.25) is 0 Å². The van der Waals surface area contributed by atoms with Crippen molar-refractivity contribution in [3.63, 3.8) is 0 Å². The van der Waals surface area contributed by atoms with E-state index >= 15 is 0 Å². The maximum absolute atomic E-state index is 11.1. The zero-order valence-electron chi connectivity index (χ0n) is 7.57. The Kier molecular flexibility index (Phi) is 7.09. The minimum absolute atomic E-state index is 0.163. The van der Waals surface area contributed by atoms with Gasteiger partial charge in [0.05, 0.1) is 13.2 Å². The summed E-state index contributed by atoms with van der Waals surface area (Å²) in [5.74, 6) is 0. The molecule has 0 saturated carbocycles. The lowest BCUT2D eigenvalue weighted by Crippen LogP contribution is -2.32. The zero-order chi connectivity index (χ0) is 10.1. The summed E-state index contributed by atoms with van der Waals surface area (Å²) in [6.07, 6.45) is 4.38. The van der Waals surface area contributed by atoms with Crippen molar-refractivity contribution in [3.8, 4) is 0 Å². The lowest BCUT2D eigenvalue weighted by molar-refractivity contribution is -0.110. The maximum Gasteiger partial charge on any atom is 0.399 e. The van der Waals surface area contributed by atoms with E-state index in [0.29, 0.717) is 13.2 Å². The number of rotatable bonds is 8. The third kappa shape index (κ3) is 5.29.